The molecule has 0 amide bonds. The number of fused-ring (bicyclic) bond motifs is 3. The predicted molar refractivity (Wildman–Crippen MR) is 138 cm³/mol. The summed E-state index contributed by atoms with van der Waals surface area (Å²) in [5, 5.41) is 3.39. The molecule has 7 heteroatoms. The van der Waals surface area contributed by atoms with Gasteiger partial charge in [-0.15, -0.1) is 11.3 Å². The van der Waals surface area contributed by atoms with Crippen LogP contribution in [0.25, 0.3) is 21.3 Å². The second-order valence-electron chi connectivity index (χ2n) is 9.98. The van der Waals surface area contributed by atoms with Crippen molar-refractivity contribution in [2.24, 2.45) is 5.92 Å². The number of ether oxygens (including phenoxy) is 2. The maximum atomic E-state index is 6.16. The predicted octanol–water partition coefficient (Wildman–Crippen LogP) is 5.23. The lowest BCUT2D eigenvalue weighted by Gasteiger charge is -2.40. The van der Waals surface area contributed by atoms with Gasteiger partial charge in [0.2, 0.25) is 0 Å². The van der Waals surface area contributed by atoms with E-state index < -0.39 is 0 Å². The van der Waals surface area contributed by atoms with Gasteiger partial charge in [0.15, 0.2) is 0 Å². The first-order valence-electron chi connectivity index (χ1n) is 12.8. The Morgan fingerprint density at radius 1 is 1.03 bits per heavy atom. The van der Waals surface area contributed by atoms with Gasteiger partial charge in [-0.3, -0.25) is 0 Å². The molecule has 2 aromatic heterocycles. The minimum atomic E-state index is 0.537. The topological polar surface area (TPSA) is 50.7 Å². The normalized spacial score (nSPS) is 24.9. The maximum absolute atomic E-state index is 6.16. The molecule has 34 heavy (non-hydrogen) atoms. The van der Waals surface area contributed by atoms with Crippen LogP contribution in [-0.2, 0) is 4.74 Å². The number of likely N-dealkylation sites (tertiary alicyclic amines) is 1. The number of rotatable bonds is 8. The minimum absolute atomic E-state index is 0.537. The van der Waals surface area contributed by atoms with Gasteiger partial charge < -0.3 is 19.3 Å². The second-order valence-corrected chi connectivity index (χ2v) is 10.8. The summed E-state index contributed by atoms with van der Waals surface area (Å²) in [5.41, 5.74) is 2.29. The van der Waals surface area contributed by atoms with E-state index in [1.165, 1.54) is 62.6 Å². The van der Waals surface area contributed by atoms with Crippen LogP contribution in [0.3, 0.4) is 0 Å². The van der Waals surface area contributed by atoms with Crippen molar-refractivity contribution in [1.29, 1.82) is 0 Å². The van der Waals surface area contributed by atoms with Crippen molar-refractivity contribution < 1.29 is 9.47 Å². The number of aromatic nitrogens is 2. The van der Waals surface area contributed by atoms with Crippen molar-refractivity contribution in [1.82, 2.24) is 14.9 Å². The van der Waals surface area contributed by atoms with E-state index in [0.717, 1.165) is 41.7 Å². The second kappa shape index (κ2) is 9.80. The zero-order valence-electron chi connectivity index (χ0n) is 20.0. The highest BCUT2D eigenvalue weighted by Crippen LogP contribution is 2.47. The van der Waals surface area contributed by atoms with Crippen molar-refractivity contribution in [2.45, 2.75) is 50.6 Å². The standard InChI is InChI=1S/C27H34N4O2S/c1-32-24-7-3-2-6-22(24)23-17-34-27-25(23)26(28-18-29-27)31-20-8-9-21(31)15-19(14-20)16-33-13-12-30-10-4-5-11-30/h2-3,6-7,17-21H,4-5,8-16H2,1H3. The van der Waals surface area contributed by atoms with Crippen LogP contribution in [0.1, 0.15) is 38.5 Å². The third-order valence-electron chi connectivity index (χ3n) is 7.93. The average Bonchev–Trinajstić information content (AvgIpc) is 3.60. The molecule has 3 saturated heterocycles. The highest BCUT2D eigenvalue weighted by molar-refractivity contribution is 7.17. The molecule has 3 fully saturated rings. The van der Waals surface area contributed by atoms with E-state index in [9.17, 15) is 0 Å². The lowest BCUT2D eigenvalue weighted by Crippen LogP contribution is -2.44. The van der Waals surface area contributed by atoms with Crippen molar-refractivity contribution in [3.05, 3.63) is 36.0 Å². The largest absolute Gasteiger partial charge is 0.496 e. The number of benzene rings is 1. The van der Waals surface area contributed by atoms with Gasteiger partial charge in [0.05, 0.1) is 19.1 Å². The average molecular weight is 479 g/mol. The summed E-state index contributed by atoms with van der Waals surface area (Å²) < 4.78 is 11.8. The molecule has 3 aliphatic rings. The fraction of sp³-hybridized carbons (Fsp3) is 0.556. The van der Waals surface area contributed by atoms with E-state index in [2.05, 4.69) is 32.3 Å². The zero-order valence-corrected chi connectivity index (χ0v) is 20.8. The molecule has 3 aliphatic heterocycles. The molecule has 3 aromatic rings. The summed E-state index contributed by atoms with van der Waals surface area (Å²) in [5.74, 6) is 2.65. The van der Waals surface area contributed by atoms with E-state index in [0.29, 0.717) is 18.0 Å². The van der Waals surface area contributed by atoms with Crippen molar-refractivity contribution in [3.63, 3.8) is 0 Å². The molecular formula is C27H34N4O2S. The van der Waals surface area contributed by atoms with Crippen LogP contribution in [0.4, 0.5) is 5.82 Å². The van der Waals surface area contributed by atoms with E-state index in [1.54, 1.807) is 24.8 Å². The monoisotopic (exact) mass is 478 g/mol. The van der Waals surface area contributed by atoms with E-state index >= 15 is 0 Å². The molecular weight excluding hydrogens is 444 g/mol. The Labute approximate surface area is 205 Å². The van der Waals surface area contributed by atoms with Crippen LogP contribution in [0.2, 0.25) is 0 Å². The highest BCUT2D eigenvalue weighted by atomic mass is 32.1. The molecule has 1 aromatic carbocycles. The first-order valence-corrected chi connectivity index (χ1v) is 13.6. The summed E-state index contributed by atoms with van der Waals surface area (Å²) in [6.07, 6.45) is 9.32. The Morgan fingerprint density at radius 3 is 2.62 bits per heavy atom. The summed E-state index contributed by atoms with van der Waals surface area (Å²) in [7, 11) is 1.74. The lowest BCUT2D eigenvalue weighted by molar-refractivity contribution is 0.0700. The smallest absolute Gasteiger partial charge is 0.141 e. The van der Waals surface area contributed by atoms with E-state index in [-0.39, 0.29) is 0 Å². The lowest BCUT2D eigenvalue weighted by atomic mass is 9.91. The molecule has 0 saturated carbocycles. The van der Waals surface area contributed by atoms with Crippen molar-refractivity contribution in [3.8, 4) is 16.9 Å². The Hall–Kier alpha value is -2.22. The summed E-state index contributed by atoms with van der Waals surface area (Å²) in [6.45, 7) is 5.37. The van der Waals surface area contributed by atoms with E-state index in [4.69, 9.17) is 14.5 Å². The van der Waals surface area contributed by atoms with Gasteiger partial charge >= 0.3 is 0 Å². The van der Waals surface area contributed by atoms with Crippen molar-refractivity contribution >= 4 is 27.4 Å². The fourth-order valence-electron chi connectivity index (χ4n) is 6.34. The van der Waals surface area contributed by atoms with Crippen LogP contribution < -0.4 is 9.64 Å². The molecule has 180 valence electrons. The van der Waals surface area contributed by atoms with Crippen LogP contribution >= 0.6 is 11.3 Å². The van der Waals surface area contributed by atoms with Gasteiger partial charge in [0.25, 0.3) is 0 Å². The van der Waals surface area contributed by atoms with Crippen LogP contribution in [-0.4, -0.2) is 66.9 Å². The Morgan fingerprint density at radius 2 is 1.82 bits per heavy atom. The number of hydrogen-bond donors (Lipinski definition) is 0. The van der Waals surface area contributed by atoms with Gasteiger partial charge in [-0.1, -0.05) is 18.2 Å². The molecule has 0 spiro atoms. The number of hydrogen-bond acceptors (Lipinski definition) is 7. The number of nitrogens with zero attached hydrogens (tertiary/aromatic N) is 4. The molecule has 6 nitrogen and oxygen atoms in total. The molecule has 0 N–H and O–H groups in total. The fourth-order valence-corrected chi connectivity index (χ4v) is 7.24. The van der Waals surface area contributed by atoms with Gasteiger partial charge in [0, 0.05) is 41.7 Å². The third-order valence-corrected chi connectivity index (χ3v) is 8.81. The highest BCUT2D eigenvalue weighted by Gasteiger charge is 2.42. The van der Waals surface area contributed by atoms with Gasteiger partial charge in [-0.05, 0) is 63.6 Å². The third kappa shape index (κ3) is 4.18. The molecule has 5 heterocycles. The molecule has 2 bridgehead atoms. The van der Waals surface area contributed by atoms with Crippen molar-refractivity contribution in [2.75, 3.05) is 44.9 Å². The Balaban J connectivity index is 1.20. The zero-order chi connectivity index (χ0) is 22.9. The Kier molecular flexibility index (Phi) is 6.41. The SMILES string of the molecule is COc1ccccc1-c1csc2ncnc(N3C4CCC3CC(COCCN3CCCC3)C4)c12. The molecule has 2 atom stereocenters. The summed E-state index contributed by atoms with van der Waals surface area (Å²) in [6, 6.07) is 9.33. The number of para-hydroxylation sites is 1. The molecule has 0 aliphatic carbocycles. The summed E-state index contributed by atoms with van der Waals surface area (Å²) >= 11 is 1.70. The molecule has 2 unspecified atom stereocenters. The van der Waals surface area contributed by atoms with Crippen LogP contribution in [0.5, 0.6) is 5.75 Å². The first kappa shape index (κ1) is 22.3. The number of anilines is 1. The molecule has 6 rings (SSSR count). The van der Waals surface area contributed by atoms with Gasteiger partial charge in [-0.2, -0.15) is 0 Å². The minimum Gasteiger partial charge on any atom is -0.496 e. The quantitative estimate of drug-likeness (QED) is 0.414. The molecule has 0 radical (unpaired) electrons. The Bertz CT molecular complexity index is 1110. The van der Waals surface area contributed by atoms with Gasteiger partial charge in [-0.25, -0.2) is 9.97 Å². The van der Waals surface area contributed by atoms with Crippen LogP contribution in [0, 0.1) is 5.92 Å². The maximum Gasteiger partial charge on any atom is 0.141 e. The number of thiophene rings is 1. The number of methoxy groups -OCH3 is 1. The van der Waals surface area contributed by atoms with E-state index in [1.807, 2.05) is 12.1 Å². The van der Waals surface area contributed by atoms with Crippen LogP contribution in [0.15, 0.2) is 36.0 Å². The van der Waals surface area contributed by atoms with Gasteiger partial charge in [0.1, 0.15) is 22.7 Å². The first-order chi connectivity index (χ1) is 16.8. The summed E-state index contributed by atoms with van der Waals surface area (Å²) in [4.78, 5) is 15.7. The number of piperidine rings is 1.